The van der Waals surface area contributed by atoms with Crippen molar-refractivity contribution < 1.29 is 19.5 Å². The molecule has 0 bridgehead atoms. The molecule has 0 saturated heterocycles. The number of benzene rings is 2. The van der Waals surface area contributed by atoms with Gasteiger partial charge in [-0.2, -0.15) is 5.26 Å². The Hall–Kier alpha value is -3.94. The van der Waals surface area contributed by atoms with Gasteiger partial charge in [-0.15, -0.1) is 5.10 Å². The number of carbonyl (C=O) groups is 2. The molecule has 3 N–H and O–H groups in total. The van der Waals surface area contributed by atoms with Gasteiger partial charge in [-0.3, -0.25) is 14.8 Å². The zero-order valence-corrected chi connectivity index (χ0v) is 22.2. The highest BCUT2D eigenvalue weighted by Gasteiger charge is 2.25. The van der Waals surface area contributed by atoms with Crippen LogP contribution in [0.2, 0.25) is 5.02 Å². The zero-order valence-electron chi connectivity index (χ0n) is 21.5. The second-order valence-electron chi connectivity index (χ2n) is 9.56. The van der Waals surface area contributed by atoms with Gasteiger partial charge in [0.15, 0.2) is 0 Å². The summed E-state index contributed by atoms with van der Waals surface area (Å²) in [7, 11) is 0. The predicted molar refractivity (Wildman–Crippen MR) is 144 cm³/mol. The SMILES string of the molecule is N#Cc1ccc(OC2CCC(n3cc(-c4ccc(C(=O)NCCCCCC(=O)NO)cc4)nn3)CC2)cc1Cl. The van der Waals surface area contributed by atoms with Gasteiger partial charge >= 0.3 is 0 Å². The van der Waals surface area contributed by atoms with Crippen LogP contribution in [0.3, 0.4) is 0 Å². The van der Waals surface area contributed by atoms with Crippen molar-refractivity contribution in [3.63, 3.8) is 0 Å². The number of hydrogen-bond donors (Lipinski definition) is 3. The third-order valence-corrected chi connectivity index (χ3v) is 7.14. The summed E-state index contributed by atoms with van der Waals surface area (Å²) in [6.45, 7) is 0.518. The molecule has 11 heteroatoms. The fraction of sp³-hybridized carbons (Fsp3) is 0.393. The molecular formula is C28H31ClN6O4. The molecule has 2 aromatic carbocycles. The van der Waals surface area contributed by atoms with Gasteiger partial charge in [0.25, 0.3) is 5.91 Å². The van der Waals surface area contributed by atoms with Gasteiger partial charge in [0.05, 0.1) is 28.9 Å². The van der Waals surface area contributed by atoms with Crippen LogP contribution in [-0.2, 0) is 4.79 Å². The van der Waals surface area contributed by atoms with Crippen LogP contribution in [-0.4, -0.2) is 44.7 Å². The molecule has 10 nitrogen and oxygen atoms in total. The molecule has 0 unspecified atom stereocenters. The Bertz CT molecular complexity index is 1310. The van der Waals surface area contributed by atoms with Gasteiger partial charge in [0.1, 0.15) is 17.5 Å². The molecule has 1 aliphatic carbocycles. The van der Waals surface area contributed by atoms with Crippen LogP contribution < -0.4 is 15.5 Å². The first-order chi connectivity index (χ1) is 19.0. The lowest BCUT2D eigenvalue weighted by atomic mass is 9.93. The summed E-state index contributed by atoms with van der Waals surface area (Å²) in [5, 5.41) is 29.5. The monoisotopic (exact) mass is 550 g/mol. The van der Waals surface area contributed by atoms with E-state index in [-0.39, 0.29) is 24.5 Å². The van der Waals surface area contributed by atoms with E-state index >= 15 is 0 Å². The molecule has 1 aromatic heterocycles. The topological polar surface area (TPSA) is 142 Å². The quantitative estimate of drug-likeness (QED) is 0.176. The van der Waals surface area contributed by atoms with Gasteiger partial charge < -0.3 is 10.1 Å². The second kappa shape index (κ2) is 13.7. The maximum absolute atomic E-state index is 12.4. The van der Waals surface area contributed by atoms with Crippen molar-refractivity contribution in [1.82, 2.24) is 25.8 Å². The van der Waals surface area contributed by atoms with E-state index in [1.165, 1.54) is 0 Å². The number of unbranched alkanes of at least 4 members (excludes halogenated alkanes) is 2. The lowest BCUT2D eigenvalue weighted by Crippen LogP contribution is -2.26. The molecule has 1 saturated carbocycles. The average molecular weight is 551 g/mol. The Morgan fingerprint density at radius 3 is 2.56 bits per heavy atom. The fourth-order valence-corrected chi connectivity index (χ4v) is 4.82. The van der Waals surface area contributed by atoms with Crippen molar-refractivity contribution in [1.29, 1.82) is 5.26 Å². The lowest BCUT2D eigenvalue weighted by Gasteiger charge is -2.28. The minimum Gasteiger partial charge on any atom is -0.490 e. The van der Waals surface area contributed by atoms with Crippen LogP contribution >= 0.6 is 11.6 Å². The Balaban J connectivity index is 1.22. The van der Waals surface area contributed by atoms with Crippen molar-refractivity contribution in [3.8, 4) is 23.1 Å². The maximum atomic E-state index is 12.4. The summed E-state index contributed by atoms with van der Waals surface area (Å²) in [6.07, 6.45) is 8.04. The number of carbonyl (C=O) groups excluding carboxylic acids is 2. The van der Waals surface area contributed by atoms with Crippen molar-refractivity contribution in [2.45, 2.75) is 63.5 Å². The first-order valence-corrected chi connectivity index (χ1v) is 13.4. The van der Waals surface area contributed by atoms with Crippen LogP contribution in [0.25, 0.3) is 11.3 Å². The Kier molecular flexibility index (Phi) is 9.89. The molecule has 204 valence electrons. The standard InChI is InChI=1S/C28H31ClN6O4/c29-25-16-24(12-9-21(25)17-30)39-23-13-10-22(11-14-23)35-18-26(32-34-35)19-5-7-20(8-6-19)28(37)31-15-3-1-2-4-27(36)33-38/h5-9,12,16,18,22-23,38H,1-4,10-11,13-15H2,(H,31,37)(H,33,36). The van der Waals surface area contributed by atoms with E-state index in [9.17, 15) is 9.59 Å². The number of hydroxylamine groups is 1. The van der Waals surface area contributed by atoms with E-state index in [2.05, 4.69) is 21.7 Å². The molecule has 0 radical (unpaired) electrons. The number of nitrogens with one attached hydrogen (secondary N) is 2. The Morgan fingerprint density at radius 2 is 1.87 bits per heavy atom. The molecule has 1 heterocycles. The molecule has 0 aliphatic heterocycles. The van der Waals surface area contributed by atoms with E-state index in [1.54, 1.807) is 35.8 Å². The van der Waals surface area contributed by atoms with Gasteiger partial charge in [-0.05, 0) is 62.8 Å². The van der Waals surface area contributed by atoms with Crippen molar-refractivity contribution in [2.75, 3.05) is 6.54 Å². The number of nitriles is 1. The molecule has 1 aliphatic rings. The minimum absolute atomic E-state index is 0.0831. The molecule has 0 spiro atoms. The molecule has 3 aromatic rings. The first-order valence-electron chi connectivity index (χ1n) is 13.1. The van der Waals surface area contributed by atoms with Crippen molar-refractivity contribution in [2.24, 2.45) is 0 Å². The van der Waals surface area contributed by atoms with E-state index in [4.69, 9.17) is 26.8 Å². The smallest absolute Gasteiger partial charge is 0.251 e. The summed E-state index contributed by atoms with van der Waals surface area (Å²) in [4.78, 5) is 23.4. The predicted octanol–water partition coefficient (Wildman–Crippen LogP) is 4.83. The van der Waals surface area contributed by atoms with Gasteiger partial charge in [0.2, 0.25) is 5.91 Å². The largest absolute Gasteiger partial charge is 0.490 e. The molecule has 39 heavy (non-hydrogen) atoms. The van der Waals surface area contributed by atoms with E-state index in [1.807, 2.05) is 23.0 Å². The second-order valence-corrected chi connectivity index (χ2v) is 9.97. The van der Waals surface area contributed by atoms with Crippen LogP contribution in [0.5, 0.6) is 5.75 Å². The van der Waals surface area contributed by atoms with Crippen LogP contribution in [0.1, 0.15) is 73.3 Å². The minimum atomic E-state index is -0.400. The number of hydrogen-bond acceptors (Lipinski definition) is 7. The van der Waals surface area contributed by atoms with E-state index in [0.717, 1.165) is 49.8 Å². The summed E-state index contributed by atoms with van der Waals surface area (Å²) in [5.74, 6) is 0.121. The molecule has 4 rings (SSSR count). The number of aromatic nitrogens is 3. The molecule has 1 fully saturated rings. The normalized spacial score (nSPS) is 16.7. The van der Waals surface area contributed by atoms with Gasteiger partial charge in [0, 0.05) is 30.2 Å². The van der Waals surface area contributed by atoms with E-state index in [0.29, 0.717) is 34.9 Å². The van der Waals surface area contributed by atoms with Crippen LogP contribution in [0.4, 0.5) is 0 Å². The number of halogens is 1. The Labute approximate surface area is 231 Å². The highest BCUT2D eigenvalue weighted by atomic mass is 35.5. The fourth-order valence-electron chi connectivity index (χ4n) is 4.61. The molecule has 0 atom stereocenters. The number of amides is 2. The zero-order chi connectivity index (χ0) is 27.6. The highest BCUT2D eigenvalue weighted by Crippen LogP contribution is 2.32. The van der Waals surface area contributed by atoms with Crippen molar-refractivity contribution in [3.05, 3.63) is 64.8 Å². The number of ether oxygens (including phenoxy) is 1. The molecular weight excluding hydrogens is 520 g/mol. The van der Waals surface area contributed by atoms with Crippen molar-refractivity contribution >= 4 is 23.4 Å². The summed E-state index contributed by atoms with van der Waals surface area (Å²) in [6, 6.07) is 14.7. The third kappa shape index (κ3) is 7.78. The first kappa shape index (κ1) is 28.1. The van der Waals surface area contributed by atoms with Gasteiger partial charge in [-0.1, -0.05) is 35.4 Å². The highest BCUT2D eigenvalue weighted by molar-refractivity contribution is 6.31. The summed E-state index contributed by atoms with van der Waals surface area (Å²) >= 11 is 6.12. The molecule has 2 amide bonds. The summed E-state index contributed by atoms with van der Waals surface area (Å²) < 4.78 is 8.00. The van der Waals surface area contributed by atoms with Crippen LogP contribution in [0, 0.1) is 11.3 Å². The third-order valence-electron chi connectivity index (χ3n) is 6.83. The maximum Gasteiger partial charge on any atom is 0.251 e. The lowest BCUT2D eigenvalue weighted by molar-refractivity contribution is -0.129. The number of nitrogens with zero attached hydrogens (tertiary/aromatic N) is 4. The van der Waals surface area contributed by atoms with Crippen LogP contribution in [0.15, 0.2) is 48.7 Å². The van der Waals surface area contributed by atoms with Gasteiger partial charge in [-0.25, -0.2) is 10.2 Å². The van der Waals surface area contributed by atoms with E-state index < -0.39 is 5.91 Å². The summed E-state index contributed by atoms with van der Waals surface area (Å²) in [5.41, 5.74) is 4.24. The average Bonchev–Trinajstić information content (AvgIpc) is 3.45. The Morgan fingerprint density at radius 1 is 1.10 bits per heavy atom. The number of rotatable bonds is 11.